The van der Waals surface area contributed by atoms with E-state index in [9.17, 15) is 18.4 Å². The highest BCUT2D eigenvalue weighted by Crippen LogP contribution is 2.21. The van der Waals surface area contributed by atoms with Crippen LogP contribution in [0.15, 0.2) is 16.6 Å². The van der Waals surface area contributed by atoms with Crippen LogP contribution in [0.4, 0.5) is 8.78 Å². The van der Waals surface area contributed by atoms with Gasteiger partial charge in [-0.3, -0.25) is 9.59 Å². The van der Waals surface area contributed by atoms with E-state index in [2.05, 4.69) is 15.9 Å². The van der Waals surface area contributed by atoms with Gasteiger partial charge in [-0.15, -0.1) is 0 Å². The normalized spacial score (nSPS) is 12.1. The number of carbonyl (C=O) groups excluding carboxylic acids is 1. The Balaban J connectivity index is 3.06. The molecule has 0 bridgehead atoms. The van der Waals surface area contributed by atoms with Gasteiger partial charge in [-0.25, -0.2) is 8.78 Å². The second kappa shape index (κ2) is 6.78. The van der Waals surface area contributed by atoms with E-state index in [0.717, 1.165) is 17.0 Å². The highest BCUT2D eigenvalue weighted by molar-refractivity contribution is 9.10. The zero-order valence-corrected chi connectivity index (χ0v) is 12.6. The molecule has 0 aliphatic carbocycles. The molecule has 110 valence electrons. The van der Waals surface area contributed by atoms with Crippen molar-refractivity contribution in [3.05, 3.63) is 33.8 Å². The maximum atomic E-state index is 13.7. The van der Waals surface area contributed by atoms with Gasteiger partial charge in [0.05, 0.1) is 5.92 Å². The smallest absolute Gasteiger partial charge is 0.308 e. The summed E-state index contributed by atoms with van der Waals surface area (Å²) in [5.74, 6) is -4.72. The van der Waals surface area contributed by atoms with Gasteiger partial charge in [-0.1, -0.05) is 22.9 Å². The number of benzene rings is 1. The summed E-state index contributed by atoms with van der Waals surface area (Å²) >= 11 is 2.93. The number of aliphatic carboxylic acids is 1. The van der Waals surface area contributed by atoms with Gasteiger partial charge in [-0.2, -0.15) is 0 Å². The first-order valence-electron chi connectivity index (χ1n) is 5.94. The molecule has 0 aliphatic rings. The maximum Gasteiger partial charge on any atom is 0.308 e. The van der Waals surface area contributed by atoms with Crippen molar-refractivity contribution in [2.75, 3.05) is 13.1 Å². The Labute approximate surface area is 123 Å². The van der Waals surface area contributed by atoms with E-state index in [1.54, 1.807) is 6.92 Å². The molecule has 0 radical (unpaired) electrons. The van der Waals surface area contributed by atoms with Crippen LogP contribution in [-0.4, -0.2) is 35.0 Å². The van der Waals surface area contributed by atoms with Crippen LogP contribution in [0.25, 0.3) is 0 Å². The van der Waals surface area contributed by atoms with E-state index >= 15 is 0 Å². The molecule has 0 heterocycles. The minimum Gasteiger partial charge on any atom is -0.481 e. The number of carbonyl (C=O) groups is 2. The maximum absolute atomic E-state index is 13.7. The van der Waals surface area contributed by atoms with Crippen molar-refractivity contribution in [2.24, 2.45) is 5.92 Å². The van der Waals surface area contributed by atoms with Crippen molar-refractivity contribution in [2.45, 2.75) is 13.8 Å². The third-order valence-electron chi connectivity index (χ3n) is 2.81. The van der Waals surface area contributed by atoms with Gasteiger partial charge >= 0.3 is 5.97 Å². The number of nitrogens with zero attached hydrogens (tertiary/aromatic N) is 1. The molecular weight excluding hydrogens is 336 g/mol. The van der Waals surface area contributed by atoms with E-state index in [1.807, 2.05) is 0 Å². The first-order valence-corrected chi connectivity index (χ1v) is 6.73. The van der Waals surface area contributed by atoms with Crippen LogP contribution < -0.4 is 0 Å². The average molecular weight is 350 g/mol. The second-order valence-corrected chi connectivity index (χ2v) is 5.24. The van der Waals surface area contributed by atoms with Crippen LogP contribution in [0.1, 0.15) is 24.2 Å². The summed E-state index contributed by atoms with van der Waals surface area (Å²) in [4.78, 5) is 24.0. The molecule has 1 aromatic carbocycles. The summed E-state index contributed by atoms with van der Waals surface area (Å²) in [6.07, 6.45) is 0. The first kappa shape index (κ1) is 16.6. The zero-order chi connectivity index (χ0) is 15.4. The third-order valence-corrected chi connectivity index (χ3v) is 3.26. The van der Waals surface area contributed by atoms with Crippen LogP contribution in [0, 0.1) is 17.6 Å². The van der Waals surface area contributed by atoms with E-state index < -0.39 is 35.0 Å². The summed E-state index contributed by atoms with van der Waals surface area (Å²) in [5.41, 5.74) is -0.673. The molecule has 7 heteroatoms. The lowest BCUT2D eigenvalue weighted by molar-refractivity contribution is -0.141. The Morgan fingerprint density at radius 2 is 1.85 bits per heavy atom. The first-order chi connectivity index (χ1) is 9.27. The number of carboxylic acids is 1. The molecule has 0 aliphatic heterocycles. The highest BCUT2D eigenvalue weighted by Gasteiger charge is 2.25. The standard InChI is InChI=1S/C13H14BrF2NO3/c1-3-17(6-7(2)13(19)20)12(18)11-9(15)4-8(14)5-10(11)16/h4-5,7H,3,6H2,1-2H3,(H,19,20). The zero-order valence-electron chi connectivity index (χ0n) is 11.0. The monoisotopic (exact) mass is 349 g/mol. The Hall–Kier alpha value is -1.50. The van der Waals surface area contributed by atoms with Crippen LogP contribution in [0.2, 0.25) is 0 Å². The molecular formula is C13H14BrF2NO3. The van der Waals surface area contributed by atoms with E-state index in [-0.39, 0.29) is 17.6 Å². The van der Waals surface area contributed by atoms with E-state index in [1.165, 1.54) is 6.92 Å². The topological polar surface area (TPSA) is 57.6 Å². The SMILES string of the molecule is CCN(CC(C)C(=O)O)C(=O)c1c(F)cc(Br)cc1F. The molecule has 0 aromatic heterocycles. The van der Waals surface area contributed by atoms with Gasteiger partial charge in [-0.05, 0) is 19.1 Å². The molecule has 0 saturated carbocycles. The van der Waals surface area contributed by atoms with Crippen molar-refractivity contribution in [1.29, 1.82) is 0 Å². The van der Waals surface area contributed by atoms with Gasteiger partial charge in [0.1, 0.15) is 17.2 Å². The van der Waals surface area contributed by atoms with Crippen LogP contribution >= 0.6 is 15.9 Å². The number of hydrogen-bond acceptors (Lipinski definition) is 2. The molecule has 0 fully saturated rings. The second-order valence-electron chi connectivity index (χ2n) is 4.33. The molecule has 1 unspecified atom stereocenters. The molecule has 1 aromatic rings. The van der Waals surface area contributed by atoms with Crippen molar-refractivity contribution < 1.29 is 23.5 Å². The van der Waals surface area contributed by atoms with Gasteiger partial charge in [0.2, 0.25) is 0 Å². The van der Waals surface area contributed by atoms with Crippen molar-refractivity contribution in [3.63, 3.8) is 0 Å². The number of carboxylic acid groups (broad SMARTS) is 1. The van der Waals surface area contributed by atoms with Gasteiger partial charge in [0.25, 0.3) is 5.91 Å². The molecule has 1 rings (SSSR count). The van der Waals surface area contributed by atoms with Crippen molar-refractivity contribution in [1.82, 2.24) is 4.90 Å². The highest BCUT2D eigenvalue weighted by atomic mass is 79.9. The lowest BCUT2D eigenvalue weighted by atomic mass is 10.1. The van der Waals surface area contributed by atoms with Crippen LogP contribution in [0.5, 0.6) is 0 Å². The van der Waals surface area contributed by atoms with Crippen LogP contribution in [-0.2, 0) is 4.79 Å². The van der Waals surface area contributed by atoms with Crippen molar-refractivity contribution in [3.8, 4) is 0 Å². The third kappa shape index (κ3) is 3.75. The van der Waals surface area contributed by atoms with Gasteiger partial charge in [0, 0.05) is 17.6 Å². The van der Waals surface area contributed by atoms with Gasteiger partial charge in [0.15, 0.2) is 0 Å². The fourth-order valence-corrected chi connectivity index (χ4v) is 2.07. The average Bonchev–Trinajstić information content (AvgIpc) is 2.33. The minimum absolute atomic E-state index is 0.111. The molecule has 20 heavy (non-hydrogen) atoms. The Kier molecular flexibility index (Phi) is 5.62. The van der Waals surface area contributed by atoms with E-state index in [0.29, 0.717) is 0 Å². The number of hydrogen-bond donors (Lipinski definition) is 1. The van der Waals surface area contributed by atoms with Crippen molar-refractivity contribution >= 4 is 27.8 Å². The quantitative estimate of drug-likeness (QED) is 0.889. The molecule has 1 N–H and O–H groups in total. The molecule has 1 atom stereocenters. The lowest BCUT2D eigenvalue weighted by Gasteiger charge is -2.23. The largest absolute Gasteiger partial charge is 0.481 e. The fourth-order valence-electron chi connectivity index (χ4n) is 1.67. The van der Waals surface area contributed by atoms with Crippen LogP contribution in [0.3, 0.4) is 0 Å². The summed E-state index contributed by atoms with van der Waals surface area (Å²) in [7, 11) is 0. The summed E-state index contributed by atoms with van der Waals surface area (Å²) < 4.78 is 27.6. The molecule has 0 spiro atoms. The number of amides is 1. The molecule has 1 amide bonds. The van der Waals surface area contributed by atoms with Gasteiger partial charge < -0.3 is 10.0 Å². The summed E-state index contributed by atoms with van der Waals surface area (Å²) in [5, 5.41) is 8.83. The summed E-state index contributed by atoms with van der Waals surface area (Å²) in [6.45, 7) is 3.08. The predicted molar refractivity (Wildman–Crippen MR) is 72.4 cm³/mol. The number of rotatable bonds is 5. The summed E-state index contributed by atoms with van der Waals surface area (Å²) in [6, 6.07) is 1.98. The Bertz CT molecular complexity index is 513. The molecule has 4 nitrogen and oxygen atoms in total. The lowest BCUT2D eigenvalue weighted by Crippen LogP contribution is -2.37. The Morgan fingerprint density at radius 3 is 2.25 bits per heavy atom. The molecule has 0 saturated heterocycles. The fraction of sp³-hybridized carbons (Fsp3) is 0.385. The Morgan fingerprint density at radius 1 is 1.35 bits per heavy atom. The minimum atomic E-state index is -1.08. The predicted octanol–water partition coefficient (Wildman–Crippen LogP) is 2.91. The van der Waals surface area contributed by atoms with E-state index in [4.69, 9.17) is 5.11 Å². The number of halogens is 3.